The van der Waals surface area contributed by atoms with E-state index >= 15 is 0 Å². The van der Waals surface area contributed by atoms with Crippen molar-refractivity contribution < 1.29 is 4.39 Å². The molecule has 0 fully saturated rings. The van der Waals surface area contributed by atoms with Crippen molar-refractivity contribution in [2.75, 3.05) is 0 Å². The molecule has 0 bridgehead atoms. The molecule has 4 heteroatoms. The fourth-order valence-electron chi connectivity index (χ4n) is 5.08. The molecule has 2 aliphatic carbocycles. The van der Waals surface area contributed by atoms with Gasteiger partial charge in [-0.2, -0.15) is 15.5 Å². The molecule has 3 aromatic rings. The summed E-state index contributed by atoms with van der Waals surface area (Å²) in [5, 5.41) is 18.6. The summed E-state index contributed by atoms with van der Waals surface area (Å²) in [5.74, 6) is -0.142. The molecule has 0 heterocycles. The first kappa shape index (κ1) is 18.3. The SMILES string of the molecule is N#C/N=C1\c2cc(-c3cccc(C#N)c3)ccc2CC12CCc1c(F)cccc1C2. The molecule has 1 spiro atoms. The van der Waals surface area contributed by atoms with E-state index in [0.717, 1.165) is 46.4 Å². The smallest absolute Gasteiger partial charge is 0.205 e. The molecule has 3 nitrogen and oxygen atoms in total. The van der Waals surface area contributed by atoms with Gasteiger partial charge in [-0.3, -0.25) is 0 Å². The van der Waals surface area contributed by atoms with Crippen molar-refractivity contribution in [2.24, 2.45) is 10.4 Å². The fourth-order valence-corrected chi connectivity index (χ4v) is 5.08. The average Bonchev–Trinajstić information content (AvgIpc) is 3.06. The van der Waals surface area contributed by atoms with Crippen LogP contribution in [0.15, 0.2) is 65.7 Å². The van der Waals surface area contributed by atoms with Crippen molar-refractivity contribution in [3.63, 3.8) is 0 Å². The molecule has 2 aliphatic rings. The van der Waals surface area contributed by atoms with Gasteiger partial charge in [0.25, 0.3) is 0 Å². The summed E-state index contributed by atoms with van der Waals surface area (Å²) in [4.78, 5) is 4.28. The minimum Gasteiger partial charge on any atom is -0.207 e. The number of nitriles is 2. The Morgan fingerprint density at radius 2 is 1.70 bits per heavy atom. The second-order valence-corrected chi connectivity index (χ2v) is 8.14. The van der Waals surface area contributed by atoms with E-state index in [1.54, 1.807) is 12.1 Å². The Bertz CT molecular complexity index is 1290. The van der Waals surface area contributed by atoms with Crippen LogP contribution in [0.2, 0.25) is 0 Å². The van der Waals surface area contributed by atoms with Crippen molar-refractivity contribution >= 4 is 5.71 Å². The Hall–Kier alpha value is -3.76. The number of aliphatic imine (C=N–C) groups is 1. The van der Waals surface area contributed by atoms with Crippen LogP contribution < -0.4 is 0 Å². The molecule has 144 valence electrons. The minimum absolute atomic E-state index is 0.142. The van der Waals surface area contributed by atoms with Gasteiger partial charge in [-0.1, -0.05) is 36.4 Å². The number of fused-ring (bicyclic) bond motifs is 2. The third kappa shape index (κ3) is 2.81. The van der Waals surface area contributed by atoms with E-state index in [9.17, 15) is 14.9 Å². The predicted molar refractivity (Wildman–Crippen MR) is 113 cm³/mol. The maximum Gasteiger partial charge on any atom is 0.205 e. The third-order valence-electron chi connectivity index (χ3n) is 6.48. The van der Waals surface area contributed by atoms with Crippen LogP contribution in [0.1, 0.15) is 34.2 Å². The molecule has 0 aliphatic heterocycles. The highest BCUT2D eigenvalue weighted by Crippen LogP contribution is 2.47. The van der Waals surface area contributed by atoms with Gasteiger partial charge in [0.15, 0.2) is 0 Å². The number of hydrogen-bond acceptors (Lipinski definition) is 3. The molecule has 0 saturated carbocycles. The molecule has 5 rings (SSSR count). The zero-order chi connectivity index (χ0) is 20.7. The summed E-state index contributed by atoms with van der Waals surface area (Å²) in [5.41, 5.74) is 7.09. The molecule has 1 unspecified atom stereocenters. The maximum atomic E-state index is 14.3. The lowest BCUT2D eigenvalue weighted by molar-refractivity contribution is 0.366. The molecule has 0 radical (unpaired) electrons. The standard InChI is InChI=1S/C26H18FN3/c27-24-6-2-5-20-13-26(10-9-22(20)24)14-21-8-7-19(12-23(21)25(26)30-16-29)18-4-1-3-17(11-18)15-28/h1-8,11-12H,9-10,13-14H2/b30-25+. The molecule has 0 amide bonds. The molecule has 0 N–H and O–H groups in total. The summed E-state index contributed by atoms with van der Waals surface area (Å²) in [6.45, 7) is 0. The second-order valence-electron chi connectivity index (χ2n) is 8.14. The molecule has 30 heavy (non-hydrogen) atoms. The number of rotatable bonds is 1. The van der Waals surface area contributed by atoms with E-state index in [1.807, 2.05) is 30.5 Å². The number of halogens is 1. The topological polar surface area (TPSA) is 59.9 Å². The molecule has 1 atom stereocenters. The Labute approximate surface area is 174 Å². The summed E-state index contributed by atoms with van der Waals surface area (Å²) in [6, 6.07) is 21.2. The first-order valence-corrected chi connectivity index (χ1v) is 10.0. The van der Waals surface area contributed by atoms with E-state index in [-0.39, 0.29) is 11.2 Å². The van der Waals surface area contributed by atoms with E-state index in [0.29, 0.717) is 18.4 Å². The van der Waals surface area contributed by atoms with Crippen molar-refractivity contribution in [3.05, 3.63) is 94.3 Å². The lowest BCUT2D eigenvalue weighted by Gasteiger charge is -2.35. The Kier molecular flexibility index (Phi) is 4.23. The van der Waals surface area contributed by atoms with Gasteiger partial charge in [0.2, 0.25) is 6.19 Å². The molecular formula is C26H18FN3. The maximum absolute atomic E-state index is 14.3. The fraction of sp³-hybridized carbons (Fsp3) is 0.192. The van der Waals surface area contributed by atoms with Crippen molar-refractivity contribution in [3.8, 4) is 23.4 Å². The highest BCUT2D eigenvalue weighted by molar-refractivity contribution is 6.10. The summed E-state index contributed by atoms with van der Waals surface area (Å²) < 4.78 is 14.3. The average molecular weight is 391 g/mol. The van der Waals surface area contributed by atoms with Gasteiger partial charge >= 0.3 is 0 Å². The van der Waals surface area contributed by atoms with Crippen LogP contribution in [-0.2, 0) is 19.3 Å². The Balaban J connectivity index is 1.59. The highest BCUT2D eigenvalue weighted by atomic mass is 19.1. The van der Waals surface area contributed by atoms with E-state index in [1.165, 1.54) is 11.6 Å². The zero-order valence-electron chi connectivity index (χ0n) is 16.3. The van der Waals surface area contributed by atoms with Crippen LogP contribution in [0.3, 0.4) is 0 Å². The normalized spacial score (nSPS) is 20.4. The lowest BCUT2D eigenvalue weighted by Crippen LogP contribution is -2.35. The molecule has 0 aromatic heterocycles. The first-order chi connectivity index (χ1) is 14.6. The highest BCUT2D eigenvalue weighted by Gasteiger charge is 2.45. The van der Waals surface area contributed by atoms with Crippen LogP contribution in [0.4, 0.5) is 4.39 Å². The number of hydrogen-bond donors (Lipinski definition) is 0. The lowest BCUT2D eigenvalue weighted by atomic mass is 9.68. The van der Waals surface area contributed by atoms with Crippen LogP contribution in [0.5, 0.6) is 0 Å². The Morgan fingerprint density at radius 1 is 0.900 bits per heavy atom. The first-order valence-electron chi connectivity index (χ1n) is 10.0. The largest absolute Gasteiger partial charge is 0.207 e. The third-order valence-corrected chi connectivity index (χ3v) is 6.48. The summed E-state index contributed by atoms with van der Waals surface area (Å²) in [7, 11) is 0. The van der Waals surface area contributed by atoms with Crippen molar-refractivity contribution in [2.45, 2.75) is 25.7 Å². The van der Waals surface area contributed by atoms with Crippen LogP contribution in [0.25, 0.3) is 11.1 Å². The zero-order valence-corrected chi connectivity index (χ0v) is 16.3. The van der Waals surface area contributed by atoms with Gasteiger partial charge in [-0.05, 0) is 77.8 Å². The van der Waals surface area contributed by atoms with Gasteiger partial charge in [-0.25, -0.2) is 4.39 Å². The van der Waals surface area contributed by atoms with Gasteiger partial charge in [0.1, 0.15) is 5.82 Å². The minimum atomic E-state index is -0.272. The Morgan fingerprint density at radius 3 is 2.53 bits per heavy atom. The quantitative estimate of drug-likeness (QED) is 0.524. The molecular weight excluding hydrogens is 373 g/mol. The van der Waals surface area contributed by atoms with E-state index in [2.05, 4.69) is 29.3 Å². The van der Waals surface area contributed by atoms with Gasteiger partial charge in [0.05, 0.1) is 17.3 Å². The van der Waals surface area contributed by atoms with E-state index < -0.39 is 0 Å². The predicted octanol–water partition coefficient (Wildman–Crippen LogP) is 5.37. The van der Waals surface area contributed by atoms with Gasteiger partial charge in [-0.15, -0.1) is 0 Å². The number of nitrogens with zero attached hydrogens (tertiary/aromatic N) is 3. The monoisotopic (exact) mass is 391 g/mol. The van der Waals surface area contributed by atoms with Crippen LogP contribution >= 0.6 is 0 Å². The van der Waals surface area contributed by atoms with Gasteiger partial charge < -0.3 is 0 Å². The van der Waals surface area contributed by atoms with Crippen molar-refractivity contribution in [1.82, 2.24) is 0 Å². The molecule has 3 aromatic carbocycles. The van der Waals surface area contributed by atoms with Crippen LogP contribution in [-0.4, -0.2) is 5.71 Å². The molecule has 0 saturated heterocycles. The second kappa shape index (κ2) is 6.94. The van der Waals surface area contributed by atoms with E-state index in [4.69, 9.17) is 0 Å². The van der Waals surface area contributed by atoms with Gasteiger partial charge in [0, 0.05) is 11.0 Å². The van der Waals surface area contributed by atoms with Crippen molar-refractivity contribution in [1.29, 1.82) is 10.5 Å². The van der Waals surface area contributed by atoms with Crippen LogP contribution in [0, 0.1) is 34.0 Å². The number of benzene rings is 3. The summed E-state index contributed by atoms with van der Waals surface area (Å²) >= 11 is 0. The summed E-state index contributed by atoms with van der Waals surface area (Å²) in [6.07, 6.45) is 4.92.